The van der Waals surface area contributed by atoms with Crippen molar-refractivity contribution in [2.24, 2.45) is 4.99 Å². The van der Waals surface area contributed by atoms with Crippen molar-refractivity contribution in [3.8, 4) is 0 Å². The second kappa shape index (κ2) is 12.3. The molecule has 1 unspecified atom stereocenters. The lowest BCUT2D eigenvalue weighted by atomic mass is 10.1. The smallest absolute Gasteiger partial charge is 0.253 e. The Balaban J connectivity index is 0.00000300. The zero-order valence-corrected chi connectivity index (χ0v) is 19.7. The molecule has 3 rings (SSSR count). The van der Waals surface area contributed by atoms with Crippen LogP contribution in [0.3, 0.4) is 0 Å². The number of nitrogens with one attached hydrogen (secondary N) is 2. The van der Waals surface area contributed by atoms with Gasteiger partial charge in [0.2, 0.25) is 0 Å². The average molecular weight is 516 g/mol. The van der Waals surface area contributed by atoms with Crippen LogP contribution in [0.1, 0.15) is 38.2 Å². The van der Waals surface area contributed by atoms with Gasteiger partial charge in [0.15, 0.2) is 5.96 Å². The highest BCUT2D eigenvalue weighted by molar-refractivity contribution is 14.0. The largest absolute Gasteiger partial charge is 0.378 e. The van der Waals surface area contributed by atoms with Gasteiger partial charge in [-0.25, -0.2) is 0 Å². The van der Waals surface area contributed by atoms with Crippen LogP contribution in [-0.4, -0.2) is 62.3 Å². The molecular formula is C21H33IN4O3. The molecule has 29 heavy (non-hydrogen) atoms. The number of amides is 1. The van der Waals surface area contributed by atoms with Gasteiger partial charge in [-0.1, -0.05) is 12.1 Å². The van der Waals surface area contributed by atoms with Crippen molar-refractivity contribution >= 4 is 41.5 Å². The summed E-state index contributed by atoms with van der Waals surface area (Å²) in [5.74, 6) is 0.847. The van der Waals surface area contributed by atoms with Gasteiger partial charge in [0.1, 0.15) is 6.10 Å². The molecule has 2 aliphatic rings. The third-order valence-electron chi connectivity index (χ3n) is 5.22. The fourth-order valence-corrected chi connectivity index (χ4v) is 3.75. The maximum atomic E-state index is 12.2. The molecular weight excluding hydrogens is 483 g/mol. The zero-order valence-electron chi connectivity index (χ0n) is 17.4. The molecule has 0 aromatic heterocycles. The number of rotatable bonds is 6. The van der Waals surface area contributed by atoms with Crippen molar-refractivity contribution < 1.29 is 14.3 Å². The predicted molar refractivity (Wildman–Crippen MR) is 126 cm³/mol. The average Bonchev–Trinajstić information content (AvgIpc) is 3.25. The molecule has 1 aromatic rings. The number of piperidine rings is 1. The number of hydrogen-bond acceptors (Lipinski definition) is 4. The monoisotopic (exact) mass is 516 g/mol. The Morgan fingerprint density at radius 3 is 2.76 bits per heavy atom. The lowest BCUT2D eigenvalue weighted by Gasteiger charge is -2.34. The van der Waals surface area contributed by atoms with E-state index in [1.54, 1.807) is 0 Å². The number of carbonyl (C=O) groups excluding carboxylic acids is 1. The molecule has 2 aliphatic heterocycles. The highest BCUT2D eigenvalue weighted by atomic mass is 127. The van der Waals surface area contributed by atoms with Gasteiger partial charge in [-0.15, -0.1) is 24.0 Å². The molecule has 2 heterocycles. The van der Waals surface area contributed by atoms with Crippen LogP contribution < -0.4 is 10.6 Å². The molecule has 1 atom stereocenters. The SMILES string of the molecule is CCOC1CCN(C(=NC)NCc2cccc(NC(=O)C3CCCO3)c2)CC1.I. The van der Waals surface area contributed by atoms with Gasteiger partial charge < -0.3 is 25.0 Å². The van der Waals surface area contributed by atoms with E-state index in [4.69, 9.17) is 9.47 Å². The number of guanidine groups is 1. The maximum absolute atomic E-state index is 12.2. The molecule has 2 saturated heterocycles. The van der Waals surface area contributed by atoms with E-state index < -0.39 is 0 Å². The van der Waals surface area contributed by atoms with E-state index in [1.807, 2.05) is 38.2 Å². The summed E-state index contributed by atoms with van der Waals surface area (Å²) < 4.78 is 11.2. The topological polar surface area (TPSA) is 75.2 Å². The fraction of sp³-hybridized carbons (Fsp3) is 0.619. The number of hydrogen-bond donors (Lipinski definition) is 2. The first-order chi connectivity index (χ1) is 13.7. The Morgan fingerprint density at radius 1 is 1.31 bits per heavy atom. The van der Waals surface area contributed by atoms with Crippen LogP contribution in [0.2, 0.25) is 0 Å². The predicted octanol–water partition coefficient (Wildman–Crippen LogP) is 3.00. The van der Waals surface area contributed by atoms with Gasteiger partial charge in [0.25, 0.3) is 5.91 Å². The van der Waals surface area contributed by atoms with Crippen LogP contribution in [0.4, 0.5) is 5.69 Å². The molecule has 0 aliphatic carbocycles. The van der Waals surface area contributed by atoms with Crippen LogP contribution in [0.25, 0.3) is 0 Å². The maximum Gasteiger partial charge on any atom is 0.253 e. The van der Waals surface area contributed by atoms with E-state index in [1.165, 1.54) is 0 Å². The Morgan fingerprint density at radius 2 is 2.10 bits per heavy atom. The number of halogens is 1. The number of anilines is 1. The highest BCUT2D eigenvalue weighted by Gasteiger charge is 2.24. The summed E-state index contributed by atoms with van der Waals surface area (Å²) >= 11 is 0. The molecule has 162 valence electrons. The summed E-state index contributed by atoms with van der Waals surface area (Å²) in [6, 6.07) is 7.90. The Bertz CT molecular complexity index is 672. The van der Waals surface area contributed by atoms with Crippen molar-refractivity contribution in [3.05, 3.63) is 29.8 Å². The van der Waals surface area contributed by atoms with E-state index in [9.17, 15) is 4.79 Å². The van der Waals surface area contributed by atoms with Crippen molar-refractivity contribution in [2.75, 3.05) is 38.7 Å². The summed E-state index contributed by atoms with van der Waals surface area (Å²) in [7, 11) is 1.81. The van der Waals surface area contributed by atoms with Gasteiger partial charge in [-0.2, -0.15) is 0 Å². The van der Waals surface area contributed by atoms with Crippen molar-refractivity contribution in [3.63, 3.8) is 0 Å². The first kappa shape index (κ1) is 23.9. The lowest BCUT2D eigenvalue weighted by molar-refractivity contribution is -0.124. The molecule has 2 fully saturated rings. The van der Waals surface area contributed by atoms with Gasteiger partial charge >= 0.3 is 0 Å². The van der Waals surface area contributed by atoms with E-state index in [-0.39, 0.29) is 36.0 Å². The minimum absolute atomic E-state index is 0. The molecule has 8 heteroatoms. The van der Waals surface area contributed by atoms with E-state index >= 15 is 0 Å². The lowest BCUT2D eigenvalue weighted by Crippen LogP contribution is -2.46. The second-order valence-electron chi connectivity index (χ2n) is 7.23. The van der Waals surface area contributed by atoms with Crippen LogP contribution in [0.5, 0.6) is 0 Å². The van der Waals surface area contributed by atoms with E-state index in [0.717, 1.165) is 62.6 Å². The van der Waals surface area contributed by atoms with E-state index in [0.29, 0.717) is 19.3 Å². The summed E-state index contributed by atoms with van der Waals surface area (Å²) in [4.78, 5) is 18.9. The Hall–Kier alpha value is -1.39. The molecule has 2 N–H and O–H groups in total. The second-order valence-corrected chi connectivity index (χ2v) is 7.23. The fourth-order valence-electron chi connectivity index (χ4n) is 3.75. The molecule has 0 saturated carbocycles. The van der Waals surface area contributed by atoms with E-state index in [2.05, 4.69) is 20.5 Å². The summed E-state index contributed by atoms with van der Waals surface area (Å²) in [6.07, 6.45) is 3.84. The molecule has 0 bridgehead atoms. The molecule has 1 amide bonds. The van der Waals surface area contributed by atoms with Crippen molar-refractivity contribution in [2.45, 2.75) is 51.4 Å². The zero-order chi connectivity index (χ0) is 19.8. The van der Waals surface area contributed by atoms with Crippen LogP contribution in [0, 0.1) is 0 Å². The molecule has 1 aromatic carbocycles. The Kier molecular flexibility index (Phi) is 10.2. The number of nitrogens with zero attached hydrogens (tertiary/aromatic N) is 2. The first-order valence-electron chi connectivity index (χ1n) is 10.3. The van der Waals surface area contributed by atoms with Crippen LogP contribution >= 0.6 is 24.0 Å². The number of likely N-dealkylation sites (tertiary alicyclic amines) is 1. The normalized spacial score (nSPS) is 20.3. The minimum atomic E-state index is -0.319. The van der Waals surface area contributed by atoms with Gasteiger partial charge in [0.05, 0.1) is 6.10 Å². The molecule has 0 radical (unpaired) electrons. The first-order valence-corrected chi connectivity index (χ1v) is 10.3. The summed E-state index contributed by atoms with van der Waals surface area (Å²) in [5, 5.41) is 6.40. The molecule has 7 nitrogen and oxygen atoms in total. The quantitative estimate of drug-likeness (QED) is 0.346. The molecule has 0 spiro atoms. The third-order valence-corrected chi connectivity index (χ3v) is 5.22. The Labute approximate surface area is 190 Å². The number of benzene rings is 1. The summed E-state index contributed by atoms with van der Waals surface area (Å²) in [5.41, 5.74) is 1.89. The summed E-state index contributed by atoms with van der Waals surface area (Å²) in [6.45, 7) is 6.04. The van der Waals surface area contributed by atoms with Gasteiger partial charge in [-0.3, -0.25) is 9.79 Å². The number of carbonyl (C=O) groups is 1. The standard InChI is InChI=1S/C21H32N4O3.HI/c1-3-27-18-9-11-25(12-10-18)21(22-2)23-15-16-6-4-7-17(14-16)24-20(26)19-8-5-13-28-19;/h4,6-7,14,18-19H,3,5,8-13,15H2,1-2H3,(H,22,23)(H,24,26);1H. The number of aliphatic imine (C=N–C) groups is 1. The van der Waals surface area contributed by atoms with Crippen LogP contribution in [-0.2, 0) is 20.8 Å². The minimum Gasteiger partial charge on any atom is -0.378 e. The third kappa shape index (κ3) is 7.11. The van der Waals surface area contributed by atoms with Gasteiger partial charge in [-0.05, 0) is 50.3 Å². The van der Waals surface area contributed by atoms with Crippen LogP contribution in [0.15, 0.2) is 29.3 Å². The number of ether oxygens (including phenoxy) is 2. The van der Waals surface area contributed by atoms with Crippen molar-refractivity contribution in [1.29, 1.82) is 0 Å². The van der Waals surface area contributed by atoms with Gasteiger partial charge in [0, 0.05) is 45.6 Å². The van der Waals surface area contributed by atoms with Crippen molar-refractivity contribution in [1.82, 2.24) is 10.2 Å². The highest BCUT2D eigenvalue weighted by Crippen LogP contribution is 2.17.